The first kappa shape index (κ1) is 17.5. The number of nitrogens with two attached hydrogens (primary N) is 1. The maximum Gasteiger partial charge on any atom is 0.252 e. The predicted octanol–water partition coefficient (Wildman–Crippen LogP) is 1.58. The Labute approximate surface area is 155 Å². The van der Waals surface area contributed by atoms with Crippen molar-refractivity contribution < 1.29 is 23.5 Å². The van der Waals surface area contributed by atoms with Crippen LogP contribution in [0, 0.1) is 11.8 Å². The monoisotopic (exact) mass is 373 g/mol. The zero-order chi connectivity index (χ0) is 19.3. The average molecular weight is 373 g/mol. The second kappa shape index (κ2) is 6.07. The summed E-state index contributed by atoms with van der Waals surface area (Å²) in [6.07, 6.45) is 2.06. The number of ether oxygens (including phenoxy) is 2. The maximum atomic E-state index is 14.2. The number of pyridine rings is 1. The molecule has 2 aliphatic rings. The second-order valence-electron chi connectivity index (χ2n) is 7.16. The Morgan fingerprint density at radius 1 is 1.44 bits per heavy atom. The zero-order valence-electron chi connectivity index (χ0n) is 15.0. The number of hydrogen-bond donors (Lipinski definition) is 2. The molecule has 3 N–H and O–H groups in total. The topological polar surface area (TPSA) is 104 Å². The number of rotatable bonds is 6. The van der Waals surface area contributed by atoms with Crippen LogP contribution in [0.3, 0.4) is 0 Å². The molecular formula is C19H20FN3O4. The molecule has 1 saturated carbocycles. The molecular weight excluding hydrogens is 353 g/mol. The summed E-state index contributed by atoms with van der Waals surface area (Å²) in [5.74, 6) is -0.909. The molecule has 1 aliphatic carbocycles. The van der Waals surface area contributed by atoms with E-state index in [1.165, 1.54) is 14.0 Å². The van der Waals surface area contributed by atoms with Crippen molar-refractivity contribution in [1.82, 2.24) is 10.3 Å². The molecule has 1 aromatic carbocycles. The summed E-state index contributed by atoms with van der Waals surface area (Å²) < 4.78 is 25.2. The molecule has 4 atom stereocenters. The molecule has 2 aromatic rings. The molecule has 1 aromatic heterocycles. The number of benzene rings is 1. The van der Waals surface area contributed by atoms with E-state index in [0.29, 0.717) is 23.4 Å². The first-order valence-electron chi connectivity index (χ1n) is 8.73. The number of alkyl halides is 1. The van der Waals surface area contributed by atoms with Crippen LogP contribution in [-0.4, -0.2) is 42.2 Å². The van der Waals surface area contributed by atoms with Crippen molar-refractivity contribution in [3.05, 3.63) is 30.0 Å². The van der Waals surface area contributed by atoms with Crippen LogP contribution in [-0.2, 0) is 4.79 Å². The van der Waals surface area contributed by atoms with E-state index in [1.807, 2.05) is 0 Å². The third-order valence-electron chi connectivity index (χ3n) is 5.53. The van der Waals surface area contributed by atoms with Crippen LogP contribution < -0.4 is 20.5 Å². The van der Waals surface area contributed by atoms with Crippen LogP contribution in [0.4, 0.5) is 4.39 Å². The number of nitrogens with one attached hydrogen (secondary N) is 1. The first-order valence-corrected chi connectivity index (χ1v) is 8.73. The first-order chi connectivity index (χ1) is 12.8. The van der Waals surface area contributed by atoms with Gasteiger partial charge in [0.15, 0.2) is 0 Å². The number of carbonyl (C=O) groups excluding carboxylic acids is 2. The smallest absolute Gasteiger partial charge is 0.252 e. The Bertz CT molecular complexity index is 946. The van der Waals surface area contributed by atoms with Crippen molar-refractivity contribution >= 4 is 22.6 Å². The number of aromatic nitrogens is 1. The highest BCUT2D eigenvalue weighted by Crippen LogP contribution is 2.59. The van der Waals surface area contributed by atoms with Crippen LogP contribution in [0.5, 0.6) is 11.6 Å². The van der Waals surface area contributed by atoms with Crippen LogP contribution in [0.1, 0.15) is 23.7 Å². The Balaban J connectivity index is 1.51. The van der Waals surface area contributed by atoms with E-state index in [1.54, 1.807) is 24.4 Å². The van der Waals surface area contributed by atoms with Gasteiger partial charge in [-0.15, -0.1) is 0 Å². The van der Waals surface area contributed by atoms with Crippen LogP contribution >= 0.6 is 0 Å². The molecule has 2 heterocycles. The van der Waals surface area contributed by atoms with Crippen molar-refractivity contribution in [2.24, 2.45) is 17.6 Å². The molecule has 2 fully saturated rings. The fourth-order valence-electron chi connectivity index (χ4n) is 4.11. The highest BCUT2D eigenvalue weighted by atomic mass is 19.1. The highest BCUT2D eigenvalue weighted by molar-refractivity contribution is 6.01. The summed E-state index contributed by atoms with van der Waals surface area (Å²) >= 11 is 0. The lowest BCUT2D eigenvalue weighted by atomic mass is 10.1. The quantitative estimate of drug-likeness (QED) is 0.800. The Morgan fingerprint density at radius 3 is 2.85 bits per heavy atom. The van der Waals surface area contributed by atoms with Crippen molar-refractivity contribution in [2.75, 3.05) is 13.7 Å². The number of fused-ring (bicyclic) bond motifs is 2. The number of amides is 2. The summed E-state index contributed by atoms with van der Waals surface area (Å²) in [6.45, 7) is 1.75. The number of methoxy groups -OCH3 is 1. The van der Waals surface area contributed by atoms with E-state index in [-0.39, 0.29) is 30.0 Å². The number of primary amides is 1. The van der Waals surface area contributed by atoms with E-state index in [2.05, 4.69) is 10.3 Å². The number of hydrogen-bond acceptors (Lipinski definition) is 5. The molecule has 1 saturated heterocycles. The summed E-state index contributed by atoms with van der Waals surface area (Å²) in [4.78, 5) is 27.6. The molecule has 142 valence electrons. The van der Waals surface area contributed by atoms with Gasteiger partial charge in [0.1, 0.15) is 11.4 Å². The van der Waals surface area contributed by atoms with E-state index >= 15 is 0 Å². The molecule has 27 heavy (non-hydrogen) atoms. The number of piperidine rings is 1. The zero-order valence-corrected chi connectivity index (χ0v) is 15.0. The van der Waals surface area contributed by atoms with Gasteiger partial charge < -0.3 is 20.5 Å². The molecule has 0 bridgehead atoms. The van der Waals surface area contributed by atoms with Crippen LogP contribution in [0.25, 0.3) is 10.8 Å². The normalized spacial score (nSPS) is 28.6. The molecule has 2 amide bonds. The van der Waals surface area contributed by atoms with Gasteiger partial charge in [0, 0.05) is 30.0 Å². The Morgan fingerprint density at radius 2 is 2.22 bits per heavy atom. The van der Waals surface area contributed by atoms with Crippen molar-refractivity contribution in [3.63, 3.8) is 0 Å². The van der Waals surface area contributed by atoms with E-state index in [9.17, 15) is 14.0 Å². The highest BCUT2D eigenvalue weighted by Gasteiger charge is 2.73. The van der Waals surface area contributed by atoms with Gasteiger partial charge in [-0.3, -0.25) is 9.59 Å². The predicted molar refractivity (Wildman–Crippen MR) is 95.3 cm³/mol. The lowest BCUT2D eigenvalue weighted by Gasteiger charge is -2.17. The van der Waals surface area contributed by atoms with Crippen molar-refractivity contribution in [3.8, 4) is 11.6 Å². The number of nitrogens with zero attached hydrogens (tertiary/aromatic N) is 1. The number of carbonyl (C=O) groups is 2. The summed E-state index contributed by atoms with van der Waals surface area (Å²) in [5, 5.41) is 4.23. The lowest BCUT2D eigenvalue weighted by Crippen LogP contribution is -2.36. The van der Waals surface area contributed by atoms with E-state index in [4.69, 9.17) is 15.2 Å². The SMILES string of the molecule is COc1cc2c(OCC[C@H]3NC(=O)[C@H]4[C@@H]3[C@@]4(C)F)nccc2cc1C(N)=O. The second-order valence-corrected chi connectivity index (χ2v) is 7.16. The van der Waals surface area contributed by atoms with Gasteiger partial charge in [0.05, 0.1) is 25.2 Å². The van der Waals surface area contributed by atoms with Gasteiger partial charge in [0.25, 0.3) is 5.91 Å². The minimum Gasteiger partial charge on any atom is -0.496 e. The molecule has 0 spiro atoms. The summed E-state index contributed by atoms with van der Waals surface area (Å²) in [6, 6.07) is 4.80. The summed E-state index contributed by atoms with van der Waals surface area (Å²) in [7, 11) is 1.45. The molecule has 0 unspecified atom stereocenters. The van der Waals surface area contributed by atoms with Crippen molar-refractivity contribution in [1.29, 1.82) is 0 Å². The largest absolute Gasteiger partial charge is 0.496 e. The molecule has 7 nitrogen and oxygen atoms in total. The number of halogens is 1. The Kier molecular flexibility index (Phi) is 3.94. The van der Waals surface area contributed by atoms with Crippen LogP contribution in [0.2, 0.25) is 0 Å². The van der Waals surface area contributed by atoms with E-state index in [0.717, 1.165) is 5.39 Å². The van der Waals surface area contributed by atoms with E-state index < -0.39 is 17.5 Å². The van der Waals surface area contributed by atoms with Crippen LogP contribution in [0.15, 0.2) is 24.4 Å². The summed E-state index contributed by atoms with van der Waals surface area (Å²) in [5.41, 5.74) is 4.25. The minimum atomic E-state index is -1.41. The lowest BCUT2D eigenvalue weighted by molar-refractivity contribution is -0.122. The standard InChI is InChI=1S/C19H20FN3O4/c1-19(20)14-12(23-17(25)15(14)19)4-6-27-18-10-8-13(26-2)11(16(21)24)7-9(10)3-5-22-18/h3,5,7-8,12,14-15H,4,6H2,1-2H3,(H2,21,24)(H,23,25)/t12-,14-,15-,19-/m1/s1. The average Bonchev–Trinajstić information content (AvgIpc) is 3.02. The van der Waals surface area contributed by atoms with Crippen molar-refractivity contribution in [2.45, 2.75) is 25.1 Å². The third kappa shape index (κ3) is 2.75. The van der Waals surface area contributed by atoms with Gasteiger partial charge in [-0.25, -0.2) is 9.37 Å². The Hall–Kier alpha value is -2.90. The van der Waals surface area contributed by atoms with Gasteiger partial charge >= 0.3 is 0 Å². The maximum absolute atomic E-state index is 14.2. The van der Waals surface area contributed by atoms with Gasteiger partial charge in [-0.05, 0) is 30.5 Å². The molecule has 8 heteroatoms. The van der Waals surface area contributed by atoms with Gasteiger partial charge in [-0.1, -0.05) is 0 Å². The van der Waals surface area contributed by atoms with Gasteiger partial charge in [0.2, 0.25) is 11.8 Å². The minimum absolute atomic E-state index is 0.220. The van der Waals surface area contributed by atoms with Gasteiger partial charge in [-0.2, -0.15) is 0 Å². The molecule has 4 rings (SSSR count). The fourth-order valence-corrected chi connectivity index (χ4v) is 4.11. The molecule has 0 radical (unpaired) electrons. The fraction of sp³-hybridized carbons (Fsp3) is 0.421. The third-order valence-corrected chi connectivity index (χ3v) is 5.53. The molecule has 1 aliphatic heterocycles.